The molecule has 0 amide bonds. The van der Waals surface area contributed by atoms with Crippen molar-refractivity contribution in [3.05, 3.63) is 0 Å². The van der Waals surface area contributed by atoms with E-state index in [2.05, 4.69) is 9.47 Å². The molecule has 0 aromatic carbocycles. The molecule has 1 fully saturated rings. The standard InChI is InChI=1S/C9H9F9O2/c1-4(10,11)7(13,14)8(15)5(2,12)19-6(3,20-8)9(16,17)18/h1-3H3/t5?,6-,8?/m0/s1. The maximum Gasteiger partial charge on any atom is 0.443 e. The molecule has 0 aromatic heterocycles. The maximum atomic E-state index is 13.9. The van der Waals surface area contributed by atoms with Gasteiger partial charge in [-0.25, -0.2) is 4.39 Å². The van der Waals surface area contributed by atoms with E-state index in [0.717, 1.165) is 0 Å². The van der Waals surface area contributed by atoms with Gasteiger partial charge in [0.15, 0.2) is 0 Å². The van der Waals surface area contributed by atoms with Gasteiger partial charge in [0, 0.05) is 13.8 Å². The van der Waals surface area contributed by atoms with Gasteiger partial charge >= 0.3 is 23.9 Å². The monoisotopic (exact) mass is 320 g/mol. The van der Waals surface area contributed by atoms with Crippen LogP contribution in [0.1, 0.15) is 20.8 Å². The molecule has 0 spiro atoms. The van der Waals surface area contributed by atoms with E-state index in [4.69, 9.17) is 0 Å². The van der Waals surface area contributed by atoms with Gasteiger partial charge in [-0.3, -0.25) is 4.74 Å². The van der Waals surface area contributed by atoms with E-state index in [1.165, 1.54) is 0 Å². The normalized spacial score (nSPS) is 40.2. The van der Waals surface area contributed by atoms with E-state index in [9.17, 15) is 39.5 Å². The molecule has 120 valence electrons. The van der Waals surface area contributed by atoms with Gasteiger partial charge in [0.2, 0.25) is 0 Å². The van der Waals surface area contributed by atoms with Crippen LogP contribution in [0.2, 0.25) is 0 Å². The summed E-state index contributed by atoms with van der Waals surface area (Å²) in [4.78, 5) is 0. The highest BCUT2D eigenvalue weighted by molar-refractivity contribution is 5.07. The van der Waals surface area contributed by atoms with Crippen LogP contribution in [0.3, 0.4) is 0 Å². The highest BCUT2D eigenvalue weighted by Crippen LogP contribution is 2.60. The van der Waals surface area contributed by atoms with Crippen molar-refractivity contribution in [2.24, 2.45) is 0 Å². The van der Waals surface area contributed by atoms with Crippen LogP contribution in [0, 0.1) is 0 Å². The summed E-state index contributed by atoms with van der Waals surface area (Å²) in [6.07, 6.45) is -5.63. The summed E-state index contributed by atoms with van der Waals surface area (Å²) in [5.74, 6) is -25.0. The van der Waals surface area contributed by atoms with Crippen molar-refractivity contribution in [1.82, 2.24) is 0 Å². The van der Waals surface area contributed by atoms with E-state index in [0.29, 0.717) is 0 Å². The molecule has 1 aliphatic rings. The summed E-state index contributed by atoms with van der Waals surface area (Å²) in [5.41, 5.74) is 0. The molecule has 0 bridgehead atoms. The zero-order valence-electron chi connectivity index (χ0n) is 10.2. The van der Waals surface area contributed by atoms with Crippen molar-refractivity contribution >= 4 is 0 Å². The zero-order chi connectivity index (χ0) is 16.4. The first-order valence-electron chi connectivity index (χ1n) is 5.02. The van der Waals surface area contributed by atoms with E-state index in [1.54, 1.807) is 0 Å². The van der Waals surface area contributed by atoms with Gasteiger partial charge in [-0.05, 0) is 6.92 Å². The third-order valence-corrected chi connectivity index (χ3v) is 2.77. The van der Waals surface area contributed by atoms with Crippen molar-refractivity contribution in [1.29, 1.82) is 0 Å². The number of rotatable bonds is 2. The first-order valence-corrected chi connectivity index (χ1v) is 5.02. The Hall–Kier alpha value is -0.710. The lowest BCUT2D eigenvalue weighted by Crippen LogP contribution is -2.63. The molecule has 1 heterocycles. The second kappa shape index (κ2) is 3.93. The molecule has 2 unspecified atom stereocenters. The second-order valence-electron chi connectivity index (χ2n) is 4.62. The van der Waals surface area contributed by atoms with Gasteiger partial charge in [-0.15, -0.1) is 0 Å². The van der Waals surface area contributed by atoms with Crippen molar-refractivity contribution in [3.63, 3.8) is 0 Å². The van der Waals surface area contributed by atoms with Crippen molar-refractivity contribution in [2.75, 3.05) is 0 Å². The van der Waals surface area contributed by atoms with Crippen LogP contribution in [0.4, 0.5) is 39.5 Å². The molecular weight excluding hydrogens is 311 g/mol. The Bertz CT molecular complexity index is 399. The summed E-state index contributed by atoms with van der Waals surface area (Å²) >= 11 is 0. The van der Waals surface area contributed by atoms with Gasteiger partial charge in [-0.2, -0.15) is 35.1 Å². The molecule has 1 saturated heterocycles. The minimum Gasteiger partial charge on any atom is -0.300 e. The topological polar surface area (TPSA) is 18.5 Å². The van der Waals surface area contributed by atoms with Crippen LogP contribution >= 0.6 is 0 Å². The highest BCUT2D eigenvalue weighted by atomic mass is 19.4. The number of hydrogen-bond donors (Lipinski definition) is 0. The van der Waals surface area contributed by atoms with Crippen molar-refractivity contribution in [2.45, 2.75) is 56.3 Å². The minimum atomic E-state index is -5.91. The van der Waals surface area contributed by atoms with Gasteiger partial charge in [0.25, 0.3) is 11.6 Å². The zero-order valence-corrected chi connectivity index (χ0v) is 10.2. The van der Waals surface area contributed by atoms with Crippen LogP contribution in [-0.4, -0.2) is 35.5 Å². The Balaban J connectivity index is 3.39. The second-order valence-corrected chi connectivity index (χ2v) is 4.62. The SMILES string of the molecule is CC(F)(F)C(F)(F)C1(F)O[C@@](C)(C(F)(F)F)OC1(C)F. The summed E-state index contributed by atoms with van der Waals surface area (Å²) in [6.45, 7) is -0.781. The van der Waals surface area contributed by atoms with Crippen LogP contribution in [-0.2, 0) is 9.47 Å². The summed E-state index contributed by atoms with van der Waals surface area (Å²) in [5, 5.41) is 0. The van der Waals surface area contributed by atoms with Crippen molar-refractivity contribution < 1.29 is 49.0 Å². The molecule has 2 nitrogen and oxygen atoms in total. The molecular formula is C9H9F9O2. The van der Waals surface area contributed by atoms with Gasteiger partial charge in [0.1, 0.15) is 0 Å². The Kier molecular flexibility index (Phi) is 3.41. The Morgan fingerprint density at radius 2 is 1.20 bits per heavy atom. The lowest BCUT2D eigenvalue weighted by atomic mass is 9.98. The summed E-state index contributed by atoms with van der Waals surface area (Å²) in [6, 6.07) is 0. The number of hydrogen-bond acceptors (Lipinski definition) is 2. The van der Waals surface area contributed by atoms with Gasteiger partial charge in [0.05, 0.1) is 0 Å². The molecule has 0 radical (unpaired) electrons. The fraction of sp³-hybridized carbons (Fsp3) is 1.00. The number of alkyl halides is 9. The fourth-order valence-corrected chi connectivity index (χ4v) is 1.55. The van der Waals surface area contributed by atoms with Crippen LogP contribution in [0.5, 0.6) is 0 Å². The predicted molar refractivity (Wildman–Crippen MR) is 45.6 cm³/mol. The molecule has 3 atom stereocenters. The number of ether oxygens (including phenoxy) is 2. The summed E-state index contributed by atoms with van der Waals surface area (Å²) in [7, 11) is 0. The van der Waals surface area contributed by atoms with E-state index in [-0.39, 0.29) is 13.8 Å². The Morgan fingerprint density at radius 3 is 1.45 bits per heavy atom. The molecule has 0 aliphatic carbocycles. The van der Waals surface area contributed by atoms with Crippen LogP contribution in [0.15, 0.2) is 0 Å². The lowest BCUT2D eigenvalue weighted by Gasteiger charge is -2.36. The third-order valence-electron chi connectivity index (χ3n) is 2.77. The molecule has 0 saturated carbocycles. The van der Waals surface area contributed by atoms with Crippen molar-refractivity contribution in [3.8, 4) is 0 Å². The largest absolute Gasteiger partial charge is 0.443 e. The Labute approximate surface area is 106 Å². The summed E-state index contributed by atoms with van der Waals surface area (Å²) < 4.78 is 124. The Morgan fingerprint density at radius 1 is 0.800 bits per heavy atom. The fourth-order valence-electron chi connectivity index (χ4n) is 1.55. The quantitative estimate of drug-likeness (QED) is 0.717. The smallest absolute Gasteiger partial charge is 0.300 e. The van der Waals surface area contributed by atoms with E-state index < -0.39 is 42.4 Å². The number of halogens is 9. The maximum absolute atomic E-state index is 13.9. The molecule has 20 heavy (non-hydrogen) atoms. The van der Waals surface area contributed by atoms with Crippen LogP contribution in [0.25, 0.3) is 0 Å². The predicted octanol–water partition coefficient (Wildman–Crippen LogP) is 3.95. The van der Waals surface area contributed by atoms with Gasteiger partial charge < -0.3 is 4.74 Å². The van der Waals surface area contributed by atoms with Gasteiger partial charge in [-0.1, -0.05) is 0 Å². The molecule has 11 heteroatoms. The highest BCUT2D eigenvalue weighted by Gasteiger charge is 2.85. The van der Waals surface area contributed by atoms with E-state index in [1.807, 2.05) is 0 Å². The van der Waals surface area contributed by atoms with E-state index >= 15 is 0 Å². The third kappa shape index (κ3) is 2.05. The first kappa shape index (κ1) is 17.3. The molecule has 0 aromatic rings. The first-order chi connectivity index (χ1) is 8.41. The molecule has 1 rings (SSSR count). The molecule has 1 aliphatic heterocycles. The lowest BCUT2D eigenvalue weighted by molar-refractivity contribution is -0.394. The molecule has 0 N–H and O–H groups in total. The average molecular weight is 320 g/mol. The minimum absolute atomic E-state index is 0.101. The van der Waals surface area contributed by atoms with Crippen LogP contribution < -0.4 is 0 Å². The average Bonchev–Trinajstić information content (AvgIpc) is 2.31.